The summed E-state index contributed by atoms with van der Waals surface area (Å²) in [6.45, 7) is 2.26. The van der Waals surface area contributed by atoms with E-state index in [0.717, 1.165) is 12.8 Å². The summed E-state index contributed by atoms with van der Waals surface area (Å²) >= 11 is 0. The van der Waals surface area contributed by atoms with Crippen LogP contribution in [0.15, 0.2) is 48.6 Å². The first-order valence-electron chi connectivity index (χ1n) is 9.66. The fraction of sp³-hybridized carbons (Fsp3) is 0.522. The van der Waals surface area contributed by atoms with Gasteiger partial charge in [-0.3, -0.25) is 0 Å². The van der Waals surface area contributed by atoms with E-state index in [1.54, 1.807) is 0 Å². The lowest BCUT2D eigenvalue weighted by atomic mass is 9.76. The highest BCUT2D eigenvalue weighted by Crippen LogP contribution is 2.37. The predicted molar refractivity (Wildman–Crippen MR) is 103 cm³/mol. The molecule has 128 valence electrons. The summed E-state index contributed by atoms with van der Waals surface area (Å²) in [6.07, 6.45) is 18.9. The first kappa shape index (κ1) is 18.5. The van der Waals surface area contributed by atoms with Crippen LogP contribution in [0.25, 0.3) is 5.57 Å². The minimum Gasteiger partial charge on any atom is -0.197 e. The van der Waals surface area contributed by atoms with E-state index in [1.807, 2.05) is 6.07 Å². The maximum Gasteiger partial charge on any atom is 0.0791 e. The van der Waals surface area contributed by atoms with E-state index < -0.39 is 0 Å². The van der Waals surface area contributed by atoms with Gasteiger partial charge in [0.25, 0.3) is 0 Å². The summed E-state index contributed by atoms with van der Waals surface area (Å²) < 4.78 is 0. The summed E-state index contributed by atoms with van der Waals surface area (Å²) in [6, 6.07) is 13.0. The van der Waals surface area contributed by atoms with Crippen molar-refractivity contribution in [3.63, 3.8) is 0 Å². The zero-order valence-electron chi connectivity index (χ0n) is 15.1. The maximum atomic E-state index is 9.67. The SMILES string of the molecule is CCCCCCCCCCC1(C#N)C=CC(c2ccccc2)=CC1. The Bertz CT molecular complexity index is 576. The Morgan fingerprint density at radius 1 is 0.958 bits per heavy atom. The first-order valence-corrected chi connectivity index (χ1v) is 9.66. The fourth-order valence-corrected chi connectivity index (χ4v) is 3.42. The van der Waals surface area contributed by atoms with E-state index in [1.165, 1.54) is 62.5 Å². The Morgan fingerprint density at radius 3 is 2.21 bits per heavy atom. The van der Waals surface area contributed by atoms with E-state index >= 15 is 0 Å². The first-order chi connectivity index (χ1) is 11.8. The van der Waals surface area contributed by atoms with Gasteiger partial charge < -0.3 is 0 Å². The van der Waals surface area contributed by atoms with E-state index in [-0.39, 0.29) is 5.41 Å². The highest BCUT2D eigenvalue weighted by molar-refractivity contribution is 5.75. The van der Waals surface area contributed by atoms with Crippen molar-refractivity contribution in [1.82, 2.24) is 0 Å². The van der Waals surface area contributed by atoms with Crippen LogP contribution < -0.4 is 0 Å². The van der Waals surface area contributed by atoms with Crippen molar-refractivity contribution in [2.24, 2.45) is 5.41 Å². The molecule has 0 spiro atoms. The number of allylic oxidation sites excluding steroid dienone is 4. The smallest absolute Gasteiger partial charge is 0.0791 e. The van der Waals surface area contributed by atoms with Gasteiger partial charge in [0.05, 0.1) is 11.5 Å². The molecule has 1 aliphatic carbocycles. The fourth-order valence-electron chi connectivity index (χ4n) is 3.42. The zero-order valence-corrected chi connectivity index (χ0v) is 15.1. The van der Waals surface area contributed by atoms with E-state index in [4.69, 9.17) is 0 Å². The molecule has 0 saturated heterocycles. The lowest BCUT2D eigenvalue weighted by molar-refractivity contribution is 0.431. The number of rotatable bonds is 10. The Balaban J connectivity index is 1.73. The van der Waals surface area contributed by atoms with Crippen molar-refractivity contribution in [3.05, 3.63) is 54.1 Å². The molecule has 1 aromatic carbocycles. The summed E-state index contributed by atoms with van der Waals surface area (Å²) in [5, 5.41) is 9.67. The molecule has 0 aliphatic heterocycles. The van der Waals surface area contributed by atoms with Gasteiger partial charge in [0.2, 0.25) is 0 Å². The van der Waals surface area contributed by atoms with Crippen molar-refractivity contribution in [2.75, 3.05) is 0 Å². The van der Waals surface area contributed by atoms with Gasteiger partial charge in [-0.05, 0) is 24.0 Å². The van der Waals surface area contributed by atoms with Gasteiger partial charge in [-0.15, -0.1) is 0 Å². The van der Waals surface area contributed by atoms with Crippen LogP contribution >= 0.6 is 0 Å². The molecule has 1 unspecified atom stereocenters. The second kappa shape index (κ2) is 10.1. The van der Waals surface area contributed by atoms with Crippen LogP contribution in [0.5, 0.6) is 0 Å². The number of nitriles is 1. The number of nitrogens with zero attached hydrogens (tertiary/aromatic N) is 1. The van der Waals surface area contributed by atoms with E-state index in [9.17, 15) is 5.26 Å². The molecule has 1 heteroatoms. The Hall–Kier alpha value is -1.81. The molecule has 0 fully saturated rings. The minimum absolute atomic E-state index is 0.277. The molecule has 24 heavy (non-hydrogen) atoms. The van der Waals surface area contributed by atoms with Crippen LogP contribution in [-0.4, -0.2) is 0 Å². The van der Waals surface area contributed by atoms with Gasteiger partial charge in [0, 0.05) is 0 Å². The molecule has 0 radical (unpaired) electrons. The van der Waals surface area contributed by atoms with Crippen LogP contribution in [-0.2, 0) is 0 Å². The standard InChI is InChI=1S/C23H31N/c1-2-3-4-5-6-7-8-12-17-23(20-24)18-15-22(16-19-23)21-13-10-9-11-14-21/h9-11,13-16,18H,2-8,12,17,19H2,1H3. The molecule has 0 bridgehead atoms. The van der Waals surface area contributed by atoms with Crippen LogP contribution in [0.4, 0.5) is 0 Å². The third kappa shape index (κ3) is 5.68. The second-order valence-corrected chi connectivity index (χ2v) is 7.06. The maximum absolute atomic E-state index is 9.67. The summed E-state index contributed by atoms with van der Waals surface area (Å²) in [5.74, 6) is 0. The Morgan fingerprint density at radius 2 is 1.62 bits per heavy atom. The van der Waals surface area contributed by atoms with Crippen LogP contribution in [0, 0.1) is 16.7 Å². The van der Waals surface area contributed by atoms with Crippen molar-refractivity contribution in [2.45, 2.75) is 71.1 Å². The number of hydrogen-bond acceptors (Lipinski definition) is 1. The average Bonchev–Trinajstić information content (AvgIpc) is 2.65. The van der Waals surface area contributed by atoms with Crippen LogP contribution in [0.1, 0.15) is 76.7 Å². The second-order valence-electron chi connectivity index (χ2n) is 7.06. The number of unbranched alkanes of at least 4 members (excludes halogenated alkanes) is 7. The summed E-state index contributed by atoms with van der Waals surface area (Å²) in [5.41, 5.74) is 2.21. The van der Waals surface area contributed by atoms with E-state index in [0.29, 0.717) is 0 Å². The van der Waals surface area contributed by atoms with Gasteiger partial charge in [0.1, 0.15) is 0 Å². The predicted octanol–water partition coefficient (Wildman–Crippen LogP) is 7.07. The molecule has 0 heterocycles. The van der Waals surface area contributed by atoms with E-state index in [2.05, 4.69) is 55.5 Å². The molecule has 1 aliphatic rings. The van der Waals surface area contributed by atoms with Crippen molar-refractivity contribution < 1.29 is 0 Å². The molecule has 1 aromatic rings. The quantitative estimate of drug-likeness (QED) is 0.423. The Labute approximate surface area is 148 Å². The average molecular weight is 322 g/mol. The lowest BCUT2D eigenvalue weighted by Gasteiger charge is -2.25. The molecule has 2 rings (SSSR count). The van der Waals surface area contributed by atoms with Crippen LogP contribution in [0.3, 0.4) is 0 Å². The topological polar surface area (TPSA) is 23.8 Å². The third-order valence-electron chi connectivity index (χ3n) is 5.07. The van der Waals surface area contributed by atoms with Crippen LogP contribution in [0.2, 0.25) is 0 Å². The van der Waals surface area contributed by atoms with Gasteiger partial charge in [0.15, 0.2) is 0 Å². The Kier molecular flexibility index (Phi) is 7.83. The van der Waals surface area contributed by atoms with Crippen molar-refractivity contribution >= 4 is 5.57 Å². The molecule has 0 aromatic heterocycles. The van der Waals surface area contributed by atoms with Gasteiger partial charge in [-0.1, -0.05) is 107 Å². The lowest BCUT2D eigenvalue weighted by Crippen LogP contribution is -2.17. The third-order valence-corrected chi connectivity index (χ3v) is 5.07. The summed E-state index contributed by atoms with van der Waals surface area (Å²) in [4.78, 5) is 0. The number of hydrogen-bond donors (Lipinski definition) is 0. The normalized spacial score (nSPS) is 19.8. The van der Waals surface area contributed by atoms with Gasteiger partial charge in [-0.25, -0.2) is 0 Å². The molecule has 1 atom stereocenters. The minimum atomic E-state index is -0.277. The highest BCUT2D eigenvalue weighted by Gasteiger charge is 2.27. The molecular weight excluding hydrogens is 290 g/mol. The van der Waals surface area contributed by atoms with Gasteiger partial charge in [-0.2, -0.15) is 5.26 Å². The summed E-state index contributed by atoms with van der Waals surface area (Å²) in [7, 11) is 0. The molecule has 0 N–H and O–H groups in total. The van der Waals surface area contributed by atoms with Crippen molar-refractivity contribution in [1.29, 1.82) is 5.26 Å². The molecular formula is C23H31N. The molecule has 0 amide bonds. The largest absolute Gasteiger partial charge is 0.197 e. The van der Waals surface area contributed by atoms with Crippen molar-refractivity contribution in [3.8, 4) is 6.07 Å². The monoisotopic (exact) mass is 321 g/mol. The van der Waals surface area contributed by atoms with Gasteiger partial charge >= 0.3 is 0 Å². The molecule has 0 saturated carbocycles. The molecule has 1 nitrogen and oxygen atoms in total. The number of benzene rings is 1. The zero-order chi connectivity index (χ0) is 17.1. The highest BCUT2D eigenvalue weighted by atomic mass is 14.4.